The molecule has 5 N–H and O–H groups in total. The molecule has 0 saturated carbocycles. The van der Waals surface area contributed by atoms with E-state index in [1.165, 1.54) is 6.08 Å². The predicted octanol–water partition coefficient (Wildman–Crippen LogP) is 1.54. The fourth-order valence-corrected chi connectivity index (χ4v) is 5.07. The number of carbonyl (C=O) groups excluding carboxylic acids is 1. The first kappa shape index (κ1) is 30.6. The number of benzene rings is 1. The van der Waals surface area contributed by atoms with E-state index in [-0.39, 0.29) is 19.1 Å². The highest BCUT2D eigenvalue weighted by Crippen LogP contribution is 2.32. The Morgan fingerprint density at radius 3 is 2.62 bits per heavy atom. The summed E-state index contributed by atoms with van der Waals surface area (Å²) in [4.78, 5) is 12.2. The van der Waals surface area contributed by atoms with Crippen LogP contribution in [-0.4, -0.2) is 97.8 Å². The lowest BCUT2D eigenvalue weighted by Gasteiger charge is -2.41. The lowest BCUT2D eigenvalue weighted by molar-refractivity contribution is -0.273. The highest BCUT2D eigenvalue weighted by molar-refractivity contribution is 5.82. The quantitative estimate of drug-likeness (QED) is 0.154. The molecule has 11 heteroatoms. The van der Waals surface area contributed by atoms with Crippen molar-refractivity contribution in [3.8, 4) is 0 Å². The fourth-order valence-electron chi connectivity index (χ4n) is 5.07. The number of para-hydroxylation sites is 1. The largest absolute Gasteiger partial charge is 0.460 e. The summed E-state index contributed by atoms with van der Waals surface area (Å²) in [5.41, 5.74) is 0.795. The van der Waals surface area contributed by atoms with E-state index in [2.05, 4.69) is 0 Å². The van der Waals surface area contributed by atoms with Gasteiger partial charge in [-0.1, -0.05) is 30.7 Å². The molecule has 3 heterocycles. The number of aromatic nitrogens is 1. The van der Waals surface area contributed by atoms with Crippen LogP contribution in [0.2, 0.25) is 0 Å². The van der Waals surface area contributed by atoms with Crippen LogP contribution in [0.5, 0.6) is 0 Å². The van der Waals surface area contributed by atoms with Crippen molar-refractivity contribution in [2.75, 3.05) is 6.61 Å². The van der Waals surface area contributed by atoms with Crippen molar-refractivity contribution < 1.29 is 49.3 Å². The molecule has 1 aromatic carbocycles. The van der Waals surface area contributed by atoms with Gasteiger partial charge in [0.15, 0.2) is 12.5 Å². The van der Waals surface area contributed by atoms with Gasteiger partial charge in [-0.2, -0.15) is 0 Å². The minimum absolute atomic E-state index is 0.139. The molecule has 222 valence electrons. The second kappa shape index (κ2) is 14.0. The average molecular weight is 564 g/mol. The Morgan fingerprint density at radius 2 is 1.82 bits per heavy atom. The highest BCUT2D eigenvalue weighted by atomic mass is 16.7. The molecule has 2 saturated heterocycles. The molecule has 0 spiro atoms. The van der Waals surface area contributed by atoms with E-state index in [0.29, 0.717) is 6.42 Å². The second-order valence-electron chi connectivity index (χ2n) is 10.7. The summed E-state index contributed by atoms with van der Waals surface area (Å²) < 4.78 is 24.2. The third-order valence-corrected chi connectivity index (χ3v) is 7.52. The number of nitrogens with zero attached hydrogens (tertiary/aromatic N) is 1. The number of hydrogen-bond acceptors (Lipinski definition) is 10. The van der Waals surface area contributed by atoms with Crippen molar-refractivity contribution in [3.05, 3.63) is 48.7 Å². The normalized spacial score (nSPS) is 33.8. The van der Waals surface area contributed by atoms with Crippen molar-refractivity contribution >= 4 is 16.9 Å². The monoisotopic (exact) mass is 563 g/mol. The van der Waals surface area contributed by atoms with Crippen LogP contribution in [0.25, 0.3) is 10.9 Å². The molecule has 0 amide bonds. The summed E-state index contributed by atoms with van der Waals surface area (Å²) in [5, 5.41) is 52.1. The summed E-state index contributed by atoms with van der Waals surface area (Å²) in [6.45, 7) is 3.36. The molecule has 10 atom stereocenters. The van der Waals surface area contributed by atoms with Crippen molar-refractivity contribution in [2.24, 2.45) is 0 Å². The van der Waals surface area contributed by atoms with E-state index in [1.807, 2.05) is 37.3 Å². The van der Waals surface area contributed by atoms with Gasteiger partial charge in [-0.3, -0.25) is 0 Å². The Labute approximate surface area is 233 Å². The molecule has 40 heavy (non-hydrogen) atoms. The minimum atomic E-state index is -1.48. The first-order chi connectivity index (χ1) is 19.2. The number of hydrogen-bond donors (Lipinski definition) is 5. The maximum atomic E-state index is 12.2. The number of aliphatic hydroxyl groups excluding tert-OH is 5. The van der Waals surface area contributed by atoms with Crippen molar-refractivity contribution in [1.29, 1.82) is 0 Å². The van der Waals surface area contributed by atoms with Gasteiger partial charge in [0.05, 0.1) is 23.8 Å². The van der Waals surface area contributed by atoms with E-state index in [4.69, 9.17) is 18.9 Å². The molecular formula is C29H41NO10. The molecule has 0 aliphatic carbocycles. The SMILES string of the molecule is C[C@H](CCCC/C=C/C(=O)OC[C@H]1O[C@@H](n2ccc3ccccc32)[C@H](O)[C@@H](O)[C@@H]1O)O[C@@H]1O[C@@H](C)[C@H](O)C[C@H]1O. The standard InChI is InChI=1S/C29H41NO10/c1-17(38-29-22(32)15-21(31)18(2)39-29)9-5-3-4-6-12-24(33)37-16-23-25(34)26(35)27(36)28(40-23)30-14-13-19-10-7-8-11-20(19)30/h6-8,10-14,17-18,21-23,25-29,31-32,34-36H,3-5,9,15-16H2,1-2H3/b12-6+/t17-,18+,21-,22-,23-,25-,26+,27-,28-,29-/m1/s1. The Morgan fingerprint density at radius 1 is 1.05 bits per heavy atom. The van der Waals surface area contributed by atoms with Crippen molar-refractivity contribution in [2.45, 2.75) is 107 Å². The molecule has 0 unspecified atom stereocenters. The minimum Gasteiger partial charge on any atom is -0.460 e. The van der Waals surface area contributed by atoms with E-state index >= 15 is 0 Å². The first-order valence-electron chi connectivity index (χ1n) is 13.9. The van der Waals surface area contributed by atoms with Crippen LogP contribution in [-0.2, 0) is 23.7 Å². The van der Waals surface area contributed by atoms with Crippen LogP contribution in [0.3, 0.4) is 0 Å². The van der Waals surface area contributed by atoms with E-state index in [1.54, 1.807) is 23.8 Å². The van der Waals surface area contributed by atoms with Gasteiger partial charge in [-0.15, -0.1) is 0 Å². The third-order valence-electron chi connectivity index (χ3n) is 7.52. The van der Waals surface area contributed by atoms with Gasteiger partial charge >= 0.3 is 5.97 Å². The molecule has 1 aromatic heterocycles. The molecule has 2 fully saturated rings. The van der Waals surface area contributed by atoms with Crippen molar-refractivity contribution in [3.63, 3.8) is 0 Å². The molecule has 0 bridgehead atoms. The number of rotatable bonds is 11. The zero-order valence-electron chi connectivity index (χ0n) is 22.9. The van der Waals surface area contributed by atoms with Crippen LogP contribution in [0.1, 0.15) is 52.2 Å². The van der Waals surface area contributed by atoms with Crippen molar-refractivity contribution in [1.82, 2.24) is 4.57 Å². The predicted molar refractivity (Wildman–Crippen MR) is 144 cm³/mol. The fraction of sp³-hybridized carbons (Fsp3) is 0.621. The first-order valence-corrected chi connectivity index (χ1v) is 13.9. The Bertz CT molecular complexity index is 1120. The zero-order chi connectivity index (χ0) is 28.8. The molecular weight excluding hydrogens is 522 g/mol. The number of carbonyl (C=O) groups is 1. The molecule has 0 radical (unpaired) electrons. The van der Waals surface area contributed by atoms with Gasteiger partial charge in [0.2, 0.25) is 0 Å². The highest BCUT2D eigenvalue weighted by Gasteiger charge is 2.45. The molecule has 4 rings (SSSR count). The summed E-state index contributed by atoms with van der Waals surface area (Å²) in [6, 6.07) is 9.37. The molecule has 2 aliphatic rings. The second-order valence-corrected chi connectivity index (χ2v) is 10.7. The van der Waals surface area contributed by atoms with E-state index in [0.717, 1.165) is 30.2 Å². The molecule has 2 aliphatic heterocycles. The number of fused-ring (bicyclic) bond motifs is 1. The average Bonchev–Trinajstić information content (AvgIpc) is 3.36. The Hall–Kier alpha value is -2.35. The number of unbranched alkanes of at least 4 members (excludes halogenated alkanes) is 2. The Kier molecular flexibility index (Phi) is 10.7. The molecule has 2 aromatic rings. The van der Waals surface area contributed by atoms with Gasteiger partial charge in [0.1, 0.15) is 37.1 Å². The summed E-state index contributed by atoms with van der Waals surface area (Å²) in [7, 11) is 0. The van der Waals surface area contributed by atoms with Gasteiger partial charge < -0.3 is 49.0 Å². The smallest absolute Gasteiger partial charge is 0.330 e. The molecule has 11 nitrogen and oxygen atoms in total. The zero-order valence-corrected chi connectivity index (χ0v) is 22.9. The third kappa shape index (κ3) is 7.48. The number of aliphatic hydroxyl groups is 5. The van der Waals surface area contributed by atoms with Crippen LogP contribution in [0.15, 0.2) is 48.7 Å². The van der Waals surface area contributed by atoms with E-state index < -0.39 is 61.2 Å². The lowest BCUT2D eigenvalue weighted by atomic mass is 9.98. The van der Waals surface area contributed by atoms with Crippen LogP contribution < -0.4 is 0 Å². The van der Waals surface area contributed by atoms with Gasteiger partial charge in [-0.25, -0.2) is 4.79 Å². The van der Waals surface area contributed by atoms with Gasteiger partial charge in [0.25, 0.3) is 0 Å². The Balaban J connectivity index is 1.17. The van der Waals surface area contributed by atoms with Gasteiger partial charge in [0, 0.05) is 18.7 Å². The number of ether oxygens (including phenoxy) is 4. The summed E-state index contributed by atoms with van der Waals surface area (Å²) in [5.74, 6) is -0.601. The van der Waals surface area contributed by atoms with E-state index in [9.17, 15) is 30.3 Å². The number of allylic oxidation sites excluding steroid dienone is 1. The number of esters is 1. The maximum Gasteiger partial charge on any atom is 0.330 e. The van der Waals surface area contributed by atoms with Crippen LogP contribution in [0.4, 0.5) is 0 Å². The maximum absolute atomic E-state index is 12.2. The topological polar surface area (TPSA) is 160 Å². The van der Waals surface area contributed by atoms with Crippen LogP contribution >= 0.6 is 0 Å². The summed E-state index contributed by atoms with van der Waals surface area (Å²) in [6.07, 6.45) is -1.12. The van der Waals surface area contributed by atoms with Gasteiger partial charge in [-0.05, 0) is 50.6 Å². The lowest BCUT2D eigenvalue weighted by Crippen LogP contribution is -2.56. The summed E-state index contributed by atoms with van der Waals surface area (Å²) >= 11 is 0. The van der Waals surface area contributed by atoms with Crippen LogP contribution in [0, 0.1) is 0 Å².